The minimum absolute atomic E-state index is 0.874. The Morgan fingerprint density at radius 2 is 2.05 bits per heavy atom. The molecule has 2 aromatic heterocycles. The van der Waals surface area contributed by atoms with E-state index in [1.54, 1.807) is 11.3 Å². The summed E-state index contributed by atoms with van der Waals surface area (Å²) in [5.74, 6) is 0.985. The van der Waals surface area contributed by atoms with Crippen molar-refractivity contribution >= 4 is 43.2 Å². The summed E-state index contributed by atoms with van der Waals surface area (Å²) >= 11 is 5.21. The van der Waals surface area contributed by atoms with Crippen LogP contribution in [0.5, 0.6) is 0 Å². The van der Waals surface area contributed by atoms with Gasteiger partial charge in [-0.15, -0.1) is 11.3 Å². The van der Waals surface area contributed by atoms with Gasteiger partial charge in [0.1, 0.15) is 5.82 Å². The quantitative estimate of drug-likeness (QED) is 0.691. The lowest BCUT2D eigenvalue weighted by Crippen LogP contribution is -2.17. The van der Waals surface area contributed by atoms with Crippen molar-refractivity contribution in [2.24, 2.45) is 0 Å². The number of benzene rings is 1. The van der Waals surface area contributed by atoms with Gasteiger partial charge in [-0.25, -0.2) is 4.98 Å². The Balaban J connectivity index is 1.86. The molecule has 0 radical (unpaired) electrons. The number of halogens is 1. The van der Waals surface area contributed by atoms with Crippen molar-refractivity contribution < 1.29 is 0 Å². The van der Waals surface area contributed by atoms with E-state index < -0.39 is 0 Å². The van der Waals surface area contributed by atoms with Gasteiger partial charge in [-0.05, 0) is 50.5 Å². The molecule has 4 heteroatoms. The molecule has 3 rings (SSSR count). The van der Waals surface area contributed by atoms with Gasteiger partial charge in [-0.2, -0.15) is 0 Å². The zero-order valence-electron chi connectivity index (χ0n) is 10.5. The van der Waals surface area contributed by atoms with Gasteiger partial charge in [0.05, 0.1) is 0 Å². The van der Waals surface area contributed by atoms with Gasteiger partial charge in [0.25, 0.3) is 0 Å². The average Bonchev–Trinajstić information content (AvgIpc) is 2.83. The first-order chi connectivity index (χ1) is 9.24. The second-order valence-electron chi connectivity index (χ2n) is 4.45. The molecule has 1 aromatic carbocycles. The van der Waals surface area contributed by atoms with E-state index >= 15 is 0 Å². The average molecular weight is 333 g/mol. The first kappa shape index (κ1) is 12.6. The zero-order chi connectivity index (χ0) is 13.2. The van der Waals surface area contributed by atoms with Crippen molar-refractivity contribution in [1.82, 2.24) is 4.98 Å². The number of aromatic nitrogens is 1. The maximum atomic E-state index is 4.42. The van der Waals surface area contributed by atoms with E-state index in [0.29, 0.717) is 0 Å². The van der Waals surface area contributed by atoms with Crippen LogP contribution in [0.15, 0.2) is 52.4 Å². The Morgan fingerprint density at radius 1 is 1.21 bits per heavy atom. The van der Waals surface area contributed by atoms with E-state index in [9.17, 15) is 0 Å². The van der Waals surface area contributed by atoms with Gasteiger partial charge in [0, 0.05) is 29.0 Å². The smallest absolute Gasteiger partial charge is 0.128 e. The minimum atomic E-state index is 0.874. The first-order valence-corrected chi connectivity index (χ1v) is 7.69. The van der Waals surface area contributed by atoms with Gasteiger partial charge in [-0.1, -0.05) is 18.2 Å². The third-order valence-corrected chi connectivity index (χ3v) is 4.55. The molecule has 19 heavy (non-hydrogen) atoms. The molecule has 0 saturated carbocycles. The van der Waals surface area contributed by atoms with Crippen LogP contribution in [0.2, 0.25) is 0 Å². The van der Waals surface area contributed by atoms with Crippen LogP contribution in [-0.4, -0.2) is 12.0 Å². The fourth-order valence-corrected chi connectivity index (χ4v) is 3.27. The largest absolute Gasteiger partial charge is 0.355 e. The maximum Gasteiger partial charge on any atom is 0.128 e. The Morgan fingerprint density at radius 3 is 2.84 bits per heavy atom. The number of hydrogen-bond acceptors (Lipinski definition) is 3. The van der Waals surface area contributed by atoms with E-state index in [-0.39, 0.29) is 0 Å². The number of pyridine rings is 1. The third kappa shape index (κ3) is 2.65. The maximum absolute atomic E-state index is 4.42. The minimum Gasteiger partial charge on any atom is -0.355 e. The summed E-state index contributed by atoms with van der Waals surface area (Å²) in [6.45, 7) is 0.874. The van der Waals surface area contributed by atoms with E-state index in [1.165, 1.54) is 15.6 Å². The Kier molecular flexibility index (Phi) is 3.53. The predicted octanol–water partition coefficient (Wildman–Crippen LogP) is 4.70. The zero-order valence-corrected chi connectivity index (χ0v) is 12.9. The van der Waals surface area contributed by atoms with E-state index in [1.807, 2.05) is 18.3 Å². The number of fused-ring (bicyclic) bond motifs is 1. The normalized spacial score (nSPS) is 10.8. The van der Waals surface area contributed by atoms with Crippen LogP contribution >= 0.6 is 27.3 Å². The first-order valence-electron chi connectivity index (χ1n) is 6.02. The fraction of sp³-hybridized carbons (Fsp3) is 0.133. The van der Waals surface area contributed by atoms with Crippen LogP contribution in [0.1, 0.15) is 5.56 Å². The standard InChI is InChI=1S/C15H13BrN2S/c1-18(15-7-6-12(16)8-17-15)9-11-10-19-14-5-3-2-4-13(11)14/h2-8,10H,9H2,1H3. The van der Waals surface area contributed by atoms with Gasteiger partial charge in [0.15, 0.2) is 0 Å². The van der Waals surface area contributed by atoms with Crippen LogP contribution < -0.4 is 4.90 Å². The van der Waals surface area contributed by atoms with Crippen LogP contribution in [0.4, 0.5) is 5.82 Å². The van der Waals surface area contributed by atoms with E-state index in [2.05, 4.69) is 62.5 Å². The lowest BCUT2D eigenvalue weighted by atomic mass is 10.2. The van der Waals surface area contributed by atoms with Gasteiger partial charge < -0.3 is 4.90 Å². The van der Waals surface area contributed by atoms with E-state index in [0.717, 1.165) is 16.8 Å². The van der Waals surface area contributed by atoms with Crippen molar-refractivity contribution in [2.75, 3.05) is 11.9 Å². The fourth-order valence-electron chi connectivity index (χ4n) is 2.09. The molecule has 96 valence electrons. The number of hydrogen-bond donors (Lipinski definition) is 0. The van der Waals surface area contributed by atoms with E-state index in [4.69, 9.17) is 0 Å². The lowest BCUT2D eigenvalue weighted by Gasteiger charge is -2.17. The van der Waals surface area contributed by atoms with Crippen molar-refractivity contribution in [3.63, 3.8) is 0 Å². The molecule has 0 atom stereocenters. The van der Waals surface area contributed by atoms with Crippen LogP contribution in [0.3, 0.4) is 0 Å². The SMILES string of the molecule is CN(Cc1csc2ccccc12)c1ccc(Br)cn1. The second kappa shape index (κ2) is 5.31. The molecule has 0 fully saturated rings. The number of anilines is 1. The molecule has 0 amide bonds. The molecule has 0 spiro atoms. The monoisotopic (exact) mass is 332 g/mol. The molecule has 2 heterocycles. The summed E-state index contributed by atoms with van der Waals surface area (Å²) in [4.78, 5) is 6.59. The molecule has 2 nitrogen and oxygen atoms in total. The Labute approximate surface area is 124 Å². The van der Waals surface area contributed by atoms with Crippen molar-refractivity contribution in [2.45, 2.75) is 6.54 Å². The van der Waals surface area contributed by atoms with Crippen LogP contribution in [-0.2, 0) is 6.54 Å². The molecule has 0 bridgehead atoms. The Bertz CT molecular complexity index is 691. The highest BCUT2D eigenvalue weighted by molar-refractivity contribution is 9.10. The van der Waals surface area contributed by atoms with Crippen molar-refractivity contribution in [3.8, 4) is 0 Å². The van der Waals surface area contributed by atoms with Gasteiger partial charge in [-0.3, -0.25) is 0 Å². The predicted molar refractivity (Wildman–Crippen MR) is 85.9 cm³/mol. The van der Waals surface area contributed by atoms with Crippen LogP contribution in [0.25, 0.3) is 10.1 Å². The van der Waals surface area contributed by atoms with Gasteiger partial charge >= 0.3 is 0 Å². The lowest BCUT2D eigenvalue weighted by molar-refractivity contribution is 0.906. The van der Waals surface area contributed by atoms with Crippen molar-refractivity contribution in [1.29, 1.82) is 0 Å². The molecule has 0 saturated heterocycles. The molecule has 0 aliphatic carbocycles. The molecule has 0 unspecified atom stereocenters. The second-order valence-corrected chi connectivity index (χ2v) is 6.27. The van der Waals surface area contributed by atoms with Crippen LogP contribution in [0, 0.1) is 0 Å². The van der Waals surface area contributed by atoms with Crippen molar-refractivity contribution in [3.05, 3.63) is 58.0 Å². The molecule has 3 aromatic rings. The third-order valence-electron chi connectivity index (χ3n) is 3.07. The highest BCUT2D eigenvalue weighted by Gasteiger charge is 2.08. The summed E-state index contributed by atoms with van der Waals surface area (Å²) < 4.78 is 2.35. The highest BCUT2D eigenvalue weighted by Crippen LogP contribution is 2.27. The Hall–Kier alpha value is -1.39. The summed E-state index contributed by atoms with van der Waals surface area (Å²) in [5, 5.41) is 3.58. The molecule has 0 aliphatic rings. The summed E-state index contributed by atoms with van der Waals surface area (Å²) in [7, 11) is 2.07. The number of rotatable bonds is 3. The summed E-state index contributed by atoms with van der Waals surface area (Å²) in [6.07, 6.45) is 1.83. The molecule has 0 aliphatic heterocycles. The summed E-state index contributed by atoms with van der Waals surface area (Å²) in [5.41, 5.74) is 1.35. The topological polar surface area (TPSA) is 16.1 Å². The molecular formula is C15H13BrN2S. The molecule has 0 N–H and O–H groups in total. The van der Waals surface area contributed by atoms with Gasteiger partial charge in [0.2, 0.25) is 0 Å². The number of thiophene rings is 1. The summed E-state index contributed by atoms with van der Waals surface area (Å²) in [6, 6.07) is 12.6. The number of nitrogens with zero attached hydrogens (tertiary/aromatic N) is 2. The molecular weight excluding hydrogens is 320 g/mol. The highest BCUT2D eigenvalue weighted by atomic mass is 79.9.